The van der Waals surface area contributed by atoms with E-state index >= 15 is 0 Å². The van der Waals surface area contributed by atoms with Gasteiger partial charge in [-0.1, -0.05) is 6.07 Å². The number of ether oxygens (including phenoxy) is 1. The lowest BCUT2D eigenvalue weighted by molar-refractivity contribution is 0.0344. The van der Waals surface area contributed by atoms with E-state index in [1.165, 1.54) is 29.8 Å². The molecule has 0 radical (unpaired) electrons. The van der Waals surface area contributed by atoms with Crippen LogP contribution in [0.25, 0.3) is 0 Å². The Morgan fingerprint density at radius 2 is 2.22 bits per heavy atom. The van der Waals surface area contributed by atoms with Gasteiger partial charge in [0.15, 0.2) is 0 Å². The number of benzene rings is 1. The monoisotopic (exact) mass is 246 g/mol. The van der Waals surface area contributed by atoms with Gasteiger partial charge in [-0.05, 0) is 44.4 Å². The average Bonchev–Trinajstić information content (AvgIpc) is 2.41. The highest BCUT2D eigenvalue weighted by molar-refractivity contribution is 5.64. The molecule has 1 fully saturated rings. The van der Waals surface area contributed by atoms with Crippen LogP contribution in [0.2, 0.25) is 0 Å². The molecule has 1 N–H and O–H groups in total. The molecule has 1 aromatic rings. The van der Waals surface area contributed by atoms with Gasteiger partial charge in [-0.2, -0.15) is 0 Å². The number of morpholine rings is 1. The van der Waals surface area contributed by atoms with Gasteiger partial charge in [-0.25, -0.2) is 0 Å². The third kappa shape index (κ3) is 2.19. The quantitative estimate of drug-likeness (QED) is 0.824. The first-order valence-corrected chi connectivity index (χ1v) is 6.99. The lowest BCUT2D eigenvalue weighted by Gasteiger charge is -2.39. The molecule has 2 heterocycles. The van der Waals surface area contributed by atoms with E-state index in [1.807, 2.05) is 0 Å². The van der Waals surface area contributed by atoms with Crippen LogP contribution in [0.4, 0.5) is 11.4 Å². The molecule has 3 rings (SSSR count). The van der Waals surface area contributed by atoms with Crippen molar-refractivity contribution in [3.05, 3.63) is 23.8 Å². The normalized spacial score (nSPS) is 27.6. The molecule has 0 aromatic heterocycles. The van der Waals surface area contributed by atoms with Gasteiger partial charge < -0.3 is 15.0 Å². The molecule has 0 aliphatic carbocycles. The lowest BCUT2D eigenvalue weighted by atomic mass is 10.0. The molecule has 2 aliphatic heterocycles. The molecule has 1 saturated heterocycles. The molecule has 2 unspecified atom stereocenters. The molecule has 0 amide bonds. The summed E-state index contributed by atoms with van der Waals surface area (Å²) in [6, 6.07) is 7.32. The Morgan fingerprint density at radius 1 is 1.33 bits per heavy atom. The predicted molar refractivity (Wildman–Crippen MR) is 75.5 cm³/mol. The van der Waals surface area contributed by atoms with E-state index in [0.29, 0.717) is 12.1 Å². The second-order valence-corrected chi connectivity index (χ2v) is 5.52. The molecule has 0 saturated carbocycles. The highest BCUT2D eigenvalue weighted by Crippen LogP contribution is 2.29. The van der Waals surface area contributed by atoms with Crippen LogP contribution in [-0.2, 0) is 11.2 Å². The Bertz CT molecular complexity index is 433. The van der Waals surface area contributed by atoms with Gasteiger partial charge >= 0.3 is 0 Å². The van der Waals surface area contributed by atoms with Crippen LogP contribution in [0, 0.1) is 0 Å². The Morgan fingerprint density at radius 3 is 3.11 bits per heavy atom. The van der Waals surface area contributed by atoms with Crippen molar-refractivity contribution >= 4 is 11.4 Å². The van der Waals surface area contributed by atoms with Gasteiger partial charge in [-0.15, -0.1) is 0 Å². The van der Waals surface area contributed by atoms with E-state index < -0.39 is 0 Å². The highest BCUT2D eigenvalue weighted by atomic mass is 16.5. The molecule has 2 atom stereocenters. The molecular formula is C15H22N2O. The summed E-state index contributed by atoms with van der Waals surface area (Å²) in [7, 11) is 0. The Kier molecular flexibility index (Phi) is 3.16. The van der Waals surface area contributed by atoms with Crippen molar-refractivity contribution in [3.8, 4) is 0 Å². The van der Waals surface area contributed by atoms with Gasteiger partial charge in [0.2, 0.25) is 0 Å². The zero-order valence-electron chi connectivity index (χ0n) is 11.3. The highest BCUT2D eigenvalue weighted by Gasteiger charge is 2.24. The topological polar surface area (TPSA) is 24.5 Å². The van der Waals surface area contributed by atoms with Crippen LogP contribution >= 0.6 is 0 Å². The largest absolute Gasteiger partial charge is 0.385 e. The Labute approximate surface area is 109 Å². The maximum atomic E-state index is 5.70. The van der Waals surface area contributed by atoms with Gasteiger partial charge in [0.05, 0.1) is 12.7 Å². The first-order valence-electron chi connectivity index (χ1n) is 6.99. The summed E-state index contributed by atoms with van der Waals surface area (Å²) < 4.78 is 5.70. The number of rotatable bonds is 1. The number of nitrogens with zero attached hydrogens (tertiary/aromatic N) is 1. The van der Waals surface area contributed by atoms with Crippen LogP contribution < -0.4 is 10.2 Å². The van der Waals surface area contributed by atoms with Crippen molar-refractivity contribution in [1.82, 2.24) is 0 Å². The smallest absolute Gasteiger partial charge is 0.0723 e. The van der Waals surface area contributed by atoms with Crippen molar-refractivity contribution < 1.29 is 4.74 Å². The van der Waals surface area contributed by atoms with E-state index in [9.17, 15) is 0 Å². The fraction of sp³-hybridized carbons (Fsp3) is 0.600. The van der Waals surface area contributed by atoms with Crippen molar-refractivity contribution in [2.75, 3.05) is 29.9 Å². The number of hydrogen-bond donors (Lipinski definition) is 1. The van der Waals surface area contributed by atoms with Gasteiger partial charge in [0.1, 0.15) is 0 Å². The SMILES string of the molecule is CC1CN(c2ccc3c(c2)NCCC3)C(C)CO1. The predicted octanol–water partition coefficient (Wildman–Crippen LogP) is 2.66. The molecule has 2 aliphatic rings. The third-order valence-electron chi connectivity index (χ3n) is 3.97. The maximum absolute atomic E-state index is 5.70. The molecule has 0 bridgehead atoms. The molecule has 3 nitrogen and oxygen atoms in total. The number of hydrogen-bond acceptors (Lipinski definition) is 3. The number of aryl methyl sites for hydroxylation is 1. The van der Waals surface area contributed by atoms with E-state index in [-0.39, 0.29) is 0 Å². The zero-order chi connectivity index (χ0) is 12.5. The minimum Gasteiger partial charge on any atom is -0.385 e. The van der Waals surface area contributed by atoms with E-state index in [2.05, 4.69) is 42.3 Å². The van der Waals surface area contributed by atoms with Crippen LogP contribution in [0.1, 0.15) is 25.8 Å². The minimum absolute atomic E-state index is 0.324. The van der Waals surface area contributed by atoms with Crippen molar-refractivity contribution in [2.45, 2.75) is 38.8 Å². The van der Waals surface area contributed by atoms with Crippen molar-refractivity contribution in [3.63, 3.8) is 0 Å². The molecule has 1 aromatic carbocycles. The fourth-order valence-electron chi connectivity index (χ4n) is 2.89. The van der Waals surface area contributed by atoms with E-state index in [4.69, 9.17) is 4.74 Å². The van der Waals surface area contributed by atoms with Gasteiger partial charge in [-0.3, -0.25) is 0 Å². The van der Waals surface area contributed by atoms with Crippen molar-refractivity contribution in [2.24, 2.45) is 0 Å². The van der Waals surface area contributed by atoms with Crippen LogP contribution in [-0.4, -0.2) is 31.8 Å². The lowest BCUT2D eigenvalue weighted by Crippen LogP contribution is -2.47. The second kappa shape index (κ2) is 4.81. The average molecular weight is 246 g/mol. The van der Waals surface area contributed by atoms with Crippen molar-refractivity contribution in [1.29, 1.82) is 0 Å². The summed E-state index contributed by atoms with van der Waals surface area (Å²) >= 11 is 0. The fourth-order valence-corrected chi connectivity index (χ4v) is 2.89. The molecular weight excluding hydrogens is 224 g/mol. The second-order valence-electron chi connectivity index (χ2n) is 5.52. The van der Waals surface area contributed by atoms with Crippen LogP contribution in [0.15, 0.2) is 18.2 Å². The van der Waals surface area contributed by atoms with E-state index in [0.717, 1.165) is 19.7 Å². The third-order valence-corrected chi connectivity index (χ3v) is 3.97. The summed E-state index contributed by atoms with van der Waals surface area (Å²) in [4.78, 5) is 2.46. The minimum atomic E-state index is 0.324. The van der Waals surface area contributed by atoms with Crippen LogP contribution in [0.5, 0.6) is 0 Å². The molecule has 18 heavy (non-hydrogen) atoms. The molecule has 0 spiro atoms. The summed E-state index contributed by atoms with van der Waals surface area (Å²) in [5, 5.41) is 3.51. The number of nitrogens with one attached hydrogen (secondary N) is 1. The summed E-state index contributed by atoms with van der Waals surface area (Å²) in [5.41, 5.74) is 4.11. The van der Waals surface area contributed by atoms with Gasteiger partial charge in [0, 0.05) is 30.5 Å². The van der Waals surface area contributed by atoms with E-state index in [1.54, 1.807) is 0 Å². The van der Waals surface area contributed by atoms with Gasteiger partial charge in [0.25, 0.3) is 0 Å². The molecule has 98 valence electrons. The first kappa shape index (κ1) is 11.8. The summed E-state index contributed by atoms with van der Waals surface area (Å²) in [6.45, 7) is 7.30. The number of anilines is 2. The number of fused-ring (bicyclic) bond motifs is 1. The molecule has 3 heteroatoms. The Hall–Kier alpha value is -1.22. The maximum Gasteiger partial charge on any atom is 0.0723 e. The summed E-state index contributed by atoms with van der Waals surface area (Å²) in [5.74, 6) is 0. The zero-order valence-corrected chi connectivity index (χ0v) is 11.3. The standard InChI is InChI=1S/C15H22N2O/c1-11-10-18-12(2)9-17(11)14-6-5-13-4-3-7-16-15(13)8-14/h5-6,8,11-12,16H,3-4,7,9-10H2,1-2H3. The summed E-state index contributed by atoms with van der Waals surface area (Å²) in [6.07, 6.45) is 2.78. The first-order chi connectivity index (χ1) is 8.74. The Balaban J connectivity index is 1.86. The van der Waals surface area contributed by atoms with Crippen LogP contribution in [0.3, 0.4) is 0 Å².